The molecule has 0 unspecified atom stereocenters. The monoisotopic (exact) mass is 519 g/mol. The van der Waals surface area contributed by atoms with Crippen molar-refractivity contribution in [2.45, 2.75) is 39.3 Å². The number of nitrogens with one attached hydrogen (secondary N) is 1. The van der Waals surface area contributed by atoms with Gasteiger partial charge in [0.1, 0.15) is 18.3 Å². The predicted molar refractivity (Wildman–Crippen MR) is 136 cm³/mol. The van der Waals surface area contributed by atoms with Crippen LogP contribution in [-0.4, -0.2) is 64.4 Å². The Morgan fingerprint density at radius 1 is 1.08 bits per heavy atom. The van der Waals surface area contributed by atoms with E-state index in [-0.39, 0.29) is 24.9 Å². The molecule has 2 aromatic carbocycles. The molecule has 0 aliphatic carbocycles. The van der Waals surface area contributed by atoms with Gasteiger partial charge in [-0.2, -0.15) is 0 Å². The van der Waals surface area contributed by atoms with E-state index in [0.717, 1.165) is 22.5 Å². The van der Waals surface area contributed by atoms with Gasteiger partial charge in [0.25, 0.3) is 0 Å². The Morgan fingerprint density at radius 2 is 1.78 bits per heavy atom. The molecule has 1 aliphatic rings. The number of methoxy groups -OCH3 is 1. The minimum absolute atomic E-state index is 0.0390. The normalized spacial score (nSPS) is 13.1. The number of hydrogen-bond acceptors (Lipinski definition) is 7. The van der Waals surface area contributed by atoms with E-state index in [2.05, 4.69) is 5.32 Å². The number of hydrogen-bond donors (Lipinski definition) is 1. The molecule has 0 saturated carbocycles. The second-order valence-electron chi connectivity index (χ2n) is 8.39. The van der Waals surface area contributed by atoms with Gasteiger partial charge in [-0.1, -0.05) is 26.0 Å². The molecule has 1 atom stereocenters. The van der Waals surface area contributed by atoms with Gasteiger partial charge in [-0.15, -0.1) is 0 Å². The van der Waals surface area contributed by atoms with Gasteiger partial charge >= 0.3 is 0 Å². The highest BCUT2D eigenvalue weighted by molar-refractivity contribution is 7.92. The first-order chi connectivity index (χ1) is 17.2. The lowest BCUT2D eigenvalue weighted by Crippen LogP contribution is -2.52. The maximum atomic E-state index is 13.7. The van der Waals surface area contributed by atoms with Crippen LogP contribution >= 0.6 is 0 Å². The number of sulfonamides is 1. The van der Waals surface area contributed by atoms with Crippen molar-refractivity contribution in [2.75, 3.05) is 37.6 Å². The standard InChI is InChI=1S/C25H33N3O7S/c1-5-13-26-25(30)21(6-2)27(15-18-7-10-20(33-3)11-8-18)24(29)16-28(36(4,31)32)19-9-12-22-23(14-19)35-17-34-22/h7-12,14,21H,5-6,13,15-17H2,1-4H3,(H,26,30)/t21-/m0/s1. The minimum atomic E-state index is -3.84. The zero-order valence-electron chi connectivity index (χ0n) is 21.0. The molecule has 0 radical (unpaired) electrons. The van der Waals surface area contributed by atoms with Crippen LogP contribution in [0.3, 0.4) is 0 Å². The molecule has 2 amide bonds. The van der Waals surface area contributed by atoms with Crippen molar-refractivity contribution in [1.82, 2.24) is 10.2 Å². The third-order valence-electron chi connectivity index (χ3n) is 5.77. The number of rotatable bonds is 12. The lowest BCUT2D eigenvalue weighted by molar-refractivity contribution is -0.140. The van der Waals surface area contributed by atoms with Gasteiger partial charge in [-0.25, -0.2) is 8.42 Å². The first kappa shape index (κ1) is 27.1. The van der Waals surface area contributed by atoms with Crippen LogP contribution in [0, 0.1) is 0 Å². The van der Waals surface area contributed by atoms with Crippen molar-refractivity contribution in [2.24, 2.45) is 0 Å². The van der Waals surface area contributed by atoms with Crippen molar-refractivity contribution < 1.29 is 32.2 Å². The fourth-order valence-corrected chi connectivity index (χ4v) is 4.71. The molecule has 11 heteroatoms. The van der Waals surface area contributed by atoms with Crippen molar-refractivity contribution in [3.8, 4) is 17.2 Å². The Morgan fingerprint density at radius 3 is 2.39 bits per heavy atom. The first-order valence-corrected chi connectivity index (χ1v) is 13.6. The fraction of sp³-hybridized carbons (Fsp3) is 0.440. The number of fused-ring (bicyclic) bond motifs is 1. The van der Waals surface area contributed by atoms with Crippen LogP contribution in [-0.2, 0) is 26.2 Å². The van der Waals surface area contributed by atoms with Crippen molar-refractivity contribution in [3.05, 3.63) is 48.0 Å². The molecule has 2 aromatic rings. The average molecular weight is 520 g/mol. The zero-order valence-corrected chi connectivity index (χ0v) is 21.8. The summed E-state index contributed by atoms with van der Waals surface area (Å²) in [6.45, 7) is 3.92. The Balaban J connectivity index is 1.92. The smallest absolute Gasteiger partial charge is 0.244 e. The Labute approximate surface area is 212 Å². The molecule has 3 rings (SSSR count). The molecule has 10 nitrogen and oxygen atoms in total. The summed E-state index contributed by atoms with van der Waals surface area (Å²) >= 11 is 0. The second-order valence-corrected chi connectivity index (χ2v) is 10.3. The van der Waals surface area contributed by atoms with Crippen molar-refractivity contribution in [3.63, 3.8) is 0 Å². The summed E-state index contributed by atoms with van der Waals surface area (Å²) in [6, 6.07) is 11.1. The van der Waals surface area contributed by atoms with Crippen molar-refractivity contribution in [1.29, 1.82) is 0 Å². The summed E-state index contributed by atoms with van der Waals surface area (Å²) in [6.07, 6.45) is 2.14. The number of carbonyl (C=O) groups excluding carboxylic acids is 2. The third kappa shape index (κ3) is 6.60. The average Bonchev–Trinajstić information content (AvgIpc) is 3.33. The van der Waals surface area contributed by atoms with E-state index in [4.69, 9.17) is 14.2 Å². The van der Waals surface area contributed by atoms with Crippen LogP contribution in [0.15, 0.2) is 42.5 Å². The van der Waals surface area contributed by atoms with Gasteiger partial charge < -0.3 is 24.4 Å². The van der Waals surface area contributed by atoms with Gasteiger partial charge in [0.15, 0.2) is 11.5 Å². The summed E-state index contributed by atoms with van der Waals surface area (Å²) in [7, 11) is -2.28. The van der Waals surface area contributed by atoms with Crippen LogP contribution in [0.5, 0.6) is 17.2 Å². The molecule has 1 aliphatic heterocycles. The number of carbonyl (C=O) groups is 2. The molecule has 0 spiro atoms. The molecular weight excluding hydrogens is 486 g/mol. The number of benzene rings is 2. The summed E-state index contributed by atoms with van der Waals surface area (Å²) < 4.78 is 42.3. The van der Waals surface area contributed by atoms with Gasteiger partial charge in [0, 0.05) is 19.2 Å². The fourth-order valence-electron chi connectivity index (χ4n) is 3.87. The van der Waals surface area contributed by atoms with Crippen LogP contribution < -0.4 is 23.8 Å². The van der Waals surface area contributed by atoms with Gasteiger partial charge in [-0.3, -0.25) is 13.9 Å². The van der Waals surface area contributed by atoms with Crippen LogP contribution in [0.25, 0.3) is 0 Å². The van der Waals surface area contributed by atoms with E-state index in [1.54, 1.807) is 31.4 Å². The zero-order chi connectivity index (χ0) is 26.3. The molecular formula is C25H33N3O7S. The van der Waals surface area contributed by atoms with Crippen LogP contribution in [0.4, 0.5) is 5.69 Å². The quantitative estimate of drug-likeness (QED) is 0.458. The Hall–Kier alpha value is -3.47. The van der Waals surface area contributed by atoms with Gasteiger partial charge in [0.05, 0.1) is 19.1 Å². The number of anilines is 1. The van der Waals surface area contributed by atoms with E-state index in [0.29, 0.717) is 30.2 Å². The molecule has 1 heterocycles. The van der Waals surface area contributed by atoms with Gasteiger partial charge in [-0.05, 0) is 42.7 Å². The molecule has 0 aromatic heterocycles. The molecule has 1 N–H and O–H groups in total. The van der Waals surface area contributed by atoms with E-state index in [1.165, 1.54) is 11.0 Å². The van der Waals surface area contributed by atoms with E-state index < -0.39 is 28.5 Å². The maximum absolute atomic E-state index is 13.7. The Kier molecular flexibility index (Phi) is 9.03. The van der Waals surface area contributed by atoms with Crippen LogP contribution in [0.1, 0.15) is 32.3 Å². The lowest BCUT2D eigenvalue weighted by Gasteiger charge is -2.33. The Bertz CT molecular complexity index is 1170. The maximum Gasteiger partial charge on any atom is 0.244 e. The summed E-state index contributed by atoms with van der Waals surface area (Å²) in [4.78, 5) is 28.1. The second kappa shape index (κ2) is 12.0. The number of nitrogens with zero attached hydrogens (tertiary/aromatic N) is 2. The molecule has 0 bridgehead atoms. The third-order valence-corrected chi connectivity index (χ3v) is 6.91. The molecule has 0 fully saturated rings. The highest BCUT2D eigenvalue weighted by atomic mass is 32.2. The summed E-state index contributed by atoms with van der Waals surface area (Å²) in [5.41, 5.74) is 1.04. The first-order valence-electron chi connectivity index (χ1n) is 11.7. The molecule has 36 heavy (non-hydrogen) atoms. The van der Waals surface area contributed by atoms with E-state index in [9.17, 15) is 18.0 Å². The minimum Gasteiger partial charge on any atom is -0.497 e. The summed E-state index contributed by atoms with van der Waals surface area (Å²) in [5.74, 6) is 0.769. The lowest BCUT2D eigenvalue weighted by atomic mass is 10.1. The SMILES string of the molecule is CCCNC(=O)[C@H](CC)N(Cc1ccc(OC)cc1)C(=O)CN(c1ccc2c(c1)OCO2)S(C)(=O)=O. The molecule has 0 saturated heterocycles. The van der Waals surface area contributed by atoms with E-state index >= 15 is 0 Å². The number of amides is 2. The highest BCUT2D eigenvalue weighted by Crippen LogP contribution is 2.36. The summed E-state index contributed by atoms with van der Waals surface area (Å²) in [5, 5.41) is 2.85. The van der Waals surface area contributed by atoms with Crippen molar-refractivity contribution >= 4 is 27.5 Å². The number of ether oxygens (including phenoxy) is 3. The molecule has 196 valence electrons. The van der Waals surface area contributed by atoms with E-state index in [1.807, 2.05) is 26.0 Å². The topological polar surface area (TPSA) is 114 Å². The van der Waals surface area contributed by atoms with Gasteiger partial charge in [0.2, 0.25) is 28.6 Å². The predicted octanol–water partition coefficient (Wildman–Crippen LogP) is 2.52. The largest absolute Gasteiger partial charge is 0.497 e. The van der Waals surface area contributed by atoms with Crippen LogP contribution in [0.2, 0.25) is 0 Å². The highest BCUT2D eigenvalue weighted by Gasteiger charge is 2.32.